The monoisotopic (exact) mass is 169 g/mol. The van der Waals surface area contributed by atoms with Gasteiger partial charge in [-0.05, 0) is 12.8 Å². The van der Waals surface area contributed by atoms with Gasteiger partial charge in [-0.3, -0.25) is 4.79 Å². The van der Waals surface area contributed by atoms with Crippen molar-refractivity contribution in [3.05, 3.63) is 12.2 Å². The van der Waals surface area contributed by atoms with Crippen LogP contribution in [0, 0.1) is 0 Å². The number of unbranched alkanes of at least 4 members (excludes halogenated alkanes) is 2. The van der Waals surface area contributed by atoms with Crippen molar-refractivity contribution in [3.63, 3.8) is 0 Å². The molecule has 0 saturated carbocycles. The molecule has 0 spiro atoms. The molecule has 0 aliphatic carbocycles. The van der Waals surface area contributed by atoms with E-state index in [1.807, 2.05) is 0 Å². The van der Waals surface area contributed by atoms with Crippen molar-refractivity contribution in [1.29, 1.82) is 0 Å². The van der Waals surface area contributed by atoms with Crippen LogP contribution >= 0.6 is 0 Å². The zero-order valence-electron chi connectivity index (χ0n) is 8.15. The average Bonchev–Trinajstić information content (AvgIpc) is 2.01. The van der Waals surface area contributed by atoms with Crippen LogP contribution in [-0.2, 0) is 4.79 Å². The SMILES string of the molecule is C=C(CCCCC)CNC(C)=O. The summed E-state index contributed by atoms with van der Waals surface area (Å²) >= 11 is 0. The molecule has 0 aliphatic rings. The Morgan fingerprint density at radius 3 is 2.58 bits per heavy atom. The van der Waals surface area contributed by atoms with E-state index in [2.05, 4.69) is 18.8 Å². The topological polar surface area (TPSA) is 29.1 Å². The molecule has 0 rings (SSSR count). The smallest absolute Gasteiger partial charge is 0.217 e. The van der Waals surface area contributed by atoms with Crippen LogP contribution in [0.4, 0.5) is 0 Å². The first-order valence-electron chi connectivity index (χ1n) is 4.58. The number of hydrogen-bond donors (Lipinski definition) is 1. The van der Waals surface area contributed by atoms with Gasteiger partial charge in [-0.15, -0.1) is 0 Å². The molecule has 0 atom stereocenters. The molecule has 0 aliphatic heterocycles. The Kier molecular flexibility index (Phi) is 6.44. The van der Waals surface area contributed by atoms with Gasteiger partial charge in [-0.25, -0.2) is 0 Å². The normalized spacial score (nSPS) is 9.50. The van der Waals surface area contributed by atoms with Gasteiger partial charge in [0.1, 0.15) is 0 Å². The van der Waals surface area contributed by atoms with Gasteiger partial charge in [0.05, 0.1) is 0 Å². The van der Waals surface area contributed by atoms with Crippen LogP contribution in [-0.4, -0.2) is 12.5 Å². The van der Waals surface area contributed by atoms with Gasteiger partial charge in [0, 0.05) is 13.5 Å². The second-order valence-electron chi connectivity index (χ2n) is 3.12. The van der Waals surface area contributed by atoms with E-state index < -0.39 is 0 Å². The molecule has 12 heavy (non-hydrogen) atoms. The van der Waals surface area contributed by atoms with Crippen LogP contribution < -0.4 is 5.32 Å². The molecule has 0 saturated heterocycles. The predicted octanol–water partition coefficient (Wildman–Crippen LogP) is 2.26. The maximum Gasteiger partial charge on any atom is 0.217 e. The van der Waals surface area contributed by atoms with E-state index >= 15 is 0 Å². The highest BCUT2D eigenvalue weighted by atomic mass is 16.1. The first-order valence-corrected chi connectivity index (χ1v) is 4.58. The summed E-state index contributed by atoms with van der Waals surface area (Å²) in [5.74, 6) is 0.0200. The molecule has 1 amide bonds. The van der Waals surface area contributed by atoms with Crippen molar-refractivity contribution in [3.8, 4) is 0 Å². The Morgan fingerprint density at radius 1 is 1.42 bits per heavy atom. The Balaban J connectivity index is 3.28. The average molecular weight is 169 g/mol. The maximum atomic E-state index is 10.5. The number of carbonyl (C=O) groups excluding carboxylic acids is 1. The van der Waals surface area contributed by atoms with E-state index in [0.29, 0.717) is 6.54 Å². The van der Waals surface area contributed by atoms with Crippen molar-refractivity contribution in [2.45, 2.75) is 39.5 Å². The lowest BCUT2D eigenvalue weighted by molar-refractivity contribution is -0.118. The van der Waals surface area contributed by atoms with Crippen LogP contribution in [0.25, 0.3) is 0 Å². The van der Waals surface area contributed by atoms with Gasteiger partial charge >= 0.3 is 0 Å². The molecule has 1 N–H and O–H groups in total. The Bertz CT molecular complexity index is 152. The summed E-state index contributed by atoms with van der Waals surface area (Å²) < 4.78 is 0. The van der Waals surface area contributed by atoms with Gasteiger partial charge in [0.25, 0.3) is 0 Å². The summed E-state index contributed by atoms with van der Waals surface area (Å²) in [6.07, 6.45) is 4.70. The Morgan fingerprint density at radius 2 is 2.08 bits per heavy atom. The molecule has 0 heterocycles. The number of carbonyl (C=O) groups is 1. The van der Waals surface area contributed by atoms with Gasteiger partial charge in [-0.2, -0.15) is 0 Å². The second-order valence-corrected chi connectivity index (χ2v) is 3.12. The summed E-state index contributed by atoms with van der Waals surface area (Å²) in [5, 5.41) is 2.73. The van der Waals surface area contributed by atoms with E-state index in [9.17, 15) is 4.79 Å². The minimum absolute atomic E-state index is 0.0200. The number of hydrogen-bond acceptors (Lipinski definition) is 1. The molecule has 0 unspecified atom stereocenters. The summed E-state index contributed by atoms with van der Waals surface area (Å²) in [6.45, 7) is 8.23. The van der Waals surface area contributed by atoms with Crippen LogP contribution in [0.3, 0.4) is 0 Å². The van der Waals surface area contributed by atoms with E-state index in [0.717, 1.165) is 12.0 Å². The second kappa shape index (κ2) is 6.89. The van der Waals surface area contributed by atoms with E-state index in [1.54, 1.807) is 0 Å². The third-order valence-electron chi connectivity index (χ3n) is 1.72. The van der Waals surface area contributed by atoms with Gasteiger partial charge in [-0.1, -0.05) is 31.9 Å². The molecular formula is C10H19NO. The lowest BCUT2D eigenvalue weighted by Gasteiger charge is -2.04. The molecule has 0 fully saturated rings. The number of amides is 1. The van der Waals surface area contributed by atoms with E-state index in [4.69, 9.17) is 0 Å². The van der Waals surface area contributed by atoms with Crippen molar-refractivity contribution in [2.75, 3.05) is 6.54 Å². The van der Waals surface area contributed by atoms with Gasteiger partial charge in [0.15, 0.2) is 0 Å². The third-order valence-corrected chi connectivity index (χ3v) is 1.72. The predicted molar refractivity (Wildman–Crippen MR) is 52.0 cm³/mol. The highest BCUT2D eigenvalue weighted by Crippen LogP contribution is 2.05. The molecule has 70 valence electrons. The van der Waals surface area contributed by atoms with Crippen molar-refractivity contribution >= 4 is 5.91 Å². The minimum atomic E-state index is 0.0200. The van der Waals surface area contributed by atoms with Crippen molar-refractivity contribution < 1.29 is 4.79 Å². The first-order chi connectivity index (χ1) is 5.66. The highest BCUT2D eigenvalue weighted by Gasteiger charge is 1.95. The van der Waals surface area contributed by atoms with E-state index in [1.165, 1.54) is 26.2 Å². The molecule has 0 aromatic heterocycles. The lowest BCUT2D eigenvalue weighted by Crippen LogP contribution is -2.21. The largest absolute Gasteiger partial charge is 0.353 e. The number of nitrogens with one attached hydrogen (secondary N) is 1. The Hall–Kier alpha value is -0.790. The Labute approximate surface area is 75.0 Å². The zero-order valence-corrected chi connectivity index (χ0v) is 8.15. The minimum Gasteiger partial charge on any atom is -0.353 e. The summed E-state index contributed by atoms with van der Waals surface area (Å²) in [6, 6.07) is 0. The zero-order chi connectivity index (χ0) is 9.40. The van der Waals surface area contributed by atoms with Gasteiger partial charge < -0.3 is 5.32 Å². The van der Waals surface area contributed by atoms with Crippen LogP contribution in [0.5, 0.6) is 0 Å². The highest BCUT2D eigenvalue weighted by molar-refractivity contribution is 5.73. The van der Waals surface area contributed by atoms with Crippen molar-refractivity contribution in [2.24, 2.45) is 0 Å². The third kappa shape index (κ3) is 7.32. The molecule has 0 radical (unpaired) electrons. The quantitative estimate of drug-likeness (QED) is 0.479. The molecule has 2 heteroatoms. The fourth-order valence-corrected chi connectivity index (χ4v) is 0.963. The van der Waals surface area contributed by atoms with E-state index in [-0.39, 0.29) is 5.91 Å². The standard InChI is InChI=1S/C10H19NO/c1-4-5-6-7-9(2)8-11-10(3)12/h2,4-8H2,1,3H3,(H,11,12). The van der Waals surface area contributed by atoms with Gasteiger partial charge in [0.2, 0.25) is 5.91 Å². The lowest BCUT2D eigenvalue weighted by atomic mass is 10.1. The van der Waals surface area contributed by atoms with Crippen LogP contribution in [0.2, 0.25) is 0 Å². The molecular weight excluding hydrogens is 150 g/mol. The summed E-state index contributed by atoms with van der Waals surface area (Å²) in [4.78, 5) is 10.5. The molecule has 2 nitrogen and oxygen atoms in total. The molecule has 0 bridgehead atoms. The molecule has 0 aromatic rings. The first kappa shape index (κ1) is 11.2. The molecule has 0 aromatic carbocycles. The van der Waals surface area contributed by atoms with Crippen LogP contribution in [0.15, 0.2) is 12.2 Å². The number of rotatable bonds is 6. The van der Waals surface area contributed by atoms with Crippen LogP contribution in [0.1, 0.15) is 39.5 Å². The van der Waals surface area contributed by atoms with Crippen molar-refractivity contribution in [1.82, 2.24) is 5.32 Å². The summed E-state index contributed by atoms with van der Waals surface area (Å²) in [7, 11) is 0. The maximum absolute atomic E-state index is 10.5. The fourth-order valence-electron chi connectivity index (χ4n) is 0.963. The summed E-state index contributed by atoms with van der Waals surface area (Å²) in [5.41, 5.74) is 1.12. The fraction of sp³-hybridized carbons (Fsp3) is 0.700.